The molecule has 3 nitrogen and oxygen atoms in total. The van der Waals surface area contributed by atoms with E-state index < -0.39 is 5.63 Å². The van der Waals surface area contributed by atoms with E-state index in [0.29, 0.717) is 12.2 Å². The Morgan fingerprint density at radius 3 is 2.82 bits per heavy atom. The van der Waals surface area contributed by atoms with Crippen LogP contribution >= 0.6 is 15.9 Å². The lowest BCUT2D eigenvalue weighted by atomic mass is 10.3. The predicted molar refractivity (Wildman–Crippen MR) is 43.7 cm³/mol. The fourth-order valence-electron chi connectivity index (χ4n) is 0.688. The first kappa shape index (κ1) is 8.33. The zero-order valence-electron chi connectivity index (χ0n) is 5.93. The van der Waals surface area contributed by atoms with Crippen LogP contribution in [0.25, 0.3) is 0 Å². The van der Waals surface area contributed by atoms with Gasteiger partial charge >= 0.3 is 5.63 Å². The normalized spacial score (nSPS) is 10.0. The molecule has 60 valence electrons. The minimum Gasteiger partial charge on any atom is -0.506 e. The van der Waals surface area contributed by atoms with Gasteiger partial charge < -0.3 is 9.52 Å². The monoisotopic (exact) mass is 218 g/mol. The Bertz CT molecular complexity index is 316. The maximum absolute atomic E-state index is 10.8. The van der Waals surface area contributed by atoms with E-state index in [9.17, 15) is 4.79 Å². The van der Waals surface area contributed by atoms with Gasteiger partial charge in [-0.2, -0.15) is 0 Å². The van der Waals surface area contributed by atoms with E-state index in [1.54, 1.807) is 0 Å². The summed E-state index contributed by atoms with van der Waals surface area (Å²) in [6.07, 6.45) is 0.593. The highest BCUT2D eigenvalue weighted by atomic mass is 79.9. The van der Waals surface area contributed by atoms with Crippen molar-refractivity contribution >= 4 is 15.9 Å². The lowest BCUT2D eigenvalue weighted by molar-refractivity contribution is 0.420. The van der Waals surface area contributed by atoms with Crippen molar-refractivity contribution in [3.8, 4) is 5.75 Å². The summed E-state index contributed by atoms with van der Waals surface area (Å²) in [5.74, 6) is 0.411. The van der Waals surface area contributed by atoms with Gasteiger partial charge in [-0.3, -0.25) is 0 Å². The third-order valence-electron chi connectivity index (χ3n) is 1.27. The van der Waals surface area contributed by atoms with Crippen LogP contribution < -0.4 is 5.63 Å². The number of hydrogen-bond acceptors (Lipinski definition) is 3. The summed E-state index contributed by atoms with van der Waals surface area (Å²) < 4.78 is 4.85. The summed E-state index contributed by atoms with van der Waals surface area (Å²) in [5.41, 5.74) is -0.540. The molecule has 0 bridgehead atoms. The Hall–Kier alpha value is -0.770. The van der Waals surface area contributed by atoms with Gasteiger partial charge in [0.15, 0.2) is 0 Å². The molecule has 0 amide bonds. The summed E-state index contributed by atoms with van der Waals surface area (Å²) in [4.78, 5) is 10.8. The second-order valence-corrected chi connectivity index (χ2v) is 2.85. The molecule has 0 atom stereocenters. The topological polar surface area (TPSA) is 50.4 Å². The number of aromatic hydroxyl groups is 1. The molecular weight excluding hydrogens is 212 g/mol. The predicted octanol–water partition coefficient (Wildman–Crippen LogP) is 1.67. The van der Waals surface area contributed by atoms with Crippen LogP contribution in [0.5, 0.6) is 5.75 Å². The van der Waals surface area contributed by atoms with Crippen molar-refractivity contribution in [1.29, 1.82) is 0 Å². The van der Waals surface area contributed by atoms with Crippen LogP contribution in [0.4, 0.5) is 0 Å². The Morgan fingerprint density at radius 2 is 2.36 bits per heavy atom. The fourth-order valence-corrected chi connectivity index (χ4v) is 0.883. The maximum atomic E-state index is 10.8. The van der Waals surface area contributed by atoms with E-state index in [4.69, 9.17) is 9.52 Å². The molecule has 1 N–H and O–H groups in total. The molecule has 0 spiro atoms. The number of rotatable bonds is 1. The van der Waals surface area contributed by atoms with E-state index in [-0.39, 0.29) is 10.2 Å². The molecule has 0 saturated heterocycles. The third kappa shape index (κ3) is 1.63. The molecule has 1 aromatic rings. The van der Waals surface area contributed by atoms with Gasteiger partial charge in [-0.1, -0.05) is 6.92 Å². The smallest absolute Gasteiger partial charge is 0.354 e. The van der Waals surface area contributed by atoms with Gasteiger partial charge in [0, 0.05) is 12.5 Å². The van der Waals surface area contributed by atoms with E-state index >= 15 is 0 Å². The van der Waals surface area contributed by atoms with Crippen LogP contribution in [0.1, 0.15) is 12.7 Å². The number of halogens is 1. The lowest BCUT2D eigenvalue weighted by Gasteiger charge is -1.97. The van der Waals surface area contributed by atoms with E-state index in [1.165, 1.54) is 6.07 Å². The molecule has 1 rings (SSSR count). The van der Waals surface area contributed by atoms with Crippen molar-refractivity contribution in [3.05, 3.63) is 26.7 Å². The summed E-state index contributed by atoms with van der Waals surface area (Å²) in [7, 11) is 0. The second kappa shape index (κ2) is 3.09. The summed E-state index contributed by atoms with van der Waals surface area (Å²) >= 11 is 2.89. The average Bonchev–Trinajstić information content (AvgIpc) is 1.99. The Kier molecular flexibility index (Phi) is 2.34. The Morgan fingerprint density at radius 1 is 1.73 bits per heavy atom. The molecule has 1 heterocycles. The van der Waals surface area contributed by atoms with E-state index in [2.05, 4.69) is 15.9 Å². The number of hydrogen-bond donors (Lipinski definition) is 1. The quantitative estimate of drug-likeness (QED) is 0.781. The molecule has 0 aliphatic rings. The van der Waals surface area contributed by atoms with Gasteiger partial charge in [0.2, 0.25) is 0 Å². The van der Waals surface area contributed by atoms with Crippen molar-refractivity contribution in [2.24, 2.45) is 0 Å². The molecule has 0 fully saturated rings. The standard InChI is InChI=1S/C7H7BrO3/c1-2-4-3-5(9)6(8)7(10)11-4/h3,9H,2H2,1H3. The molecule has 0 aliphatic heterocycles. The highest BCUT2D eigenvalue weighted by Crippen LogP contribution is 2.19. The first-order valence-corrected chi connectivity index (χ1v) is 3.96. The molecule has 1 aromatic heterocycles. The Labute approximate surface area is 71.8 Å². The largest absolute Gasteiger partial charge is 0.506 e. The van der Waals surface area contributed by atoms with Crippen LogP contribution in [0.3, 0.4) is 0 Å². The minimum atomic E-state index is -0.540. The van der Waals surface area contributed by atoms with Crippen LogP contribution in [-0.2, 0) is 6.42 Å². The first-order valence-electron chi connectivity index (χ1n) is 3.16. The molecule has 0 radical (unpaired) electrons. The van der Waals surface area contributed by atoms with Crippen LogP contribution in [0.15, 0.2) is 19.8 Å². The second-order valence-electron chi connectivity index (χ2n) is 2.05. The molecular formula is C7H7BrO3. The zero-order chi connectivity index (χ0) is 8.43. The SMILES string of the molecule is CCc1cc(O)c(Br)c(=O)o1. The van der Waals surface area contributed by atoms with Crippen molar-refractivity contribution in [2.75, 3.05) is 0 Å². The van der Waals surface area contributed by atoms with Crippen LogP contribution in [-0.4, -0.2) is 5.11 Å². The summed E-state index contributed by atoms with van der Waals surface area (Å²) in [5, 5.41) is 9.11. The van der Waals surface area contributed by atoms with Crippen LogP contribution in [0.2, 0.25) is 0 Å². The van der Waals surface area contributed by atoms with Gasteiger partial charge in [-0.25, -0.2) is 4.79 Å². The lowest BCUT2D eigenvalue weighted by Crippen LogP contribution is -2.01. The van der Waals surface area contributed by atoms with Gasteiger partial charge in [-0.05, 0) is 15.9 Å². The minimum absolute atomic E-state index is 0.0712. The molecule has 0 unspecified atom stereocenters. The fraction of sp³-hybridized carbons (Fsp3) is 0.286. The van der Waals surface area contributed by atoms with E-state index in [0.717, 1.165) is 0 Å². The van der Waals surface area contributed by atoms with Gasteiger partial charge in [0.05, 0.1) is 0 Å². The molecule has 0 saturated carbocycles. The van der Waals surface area contributed by atoms with Crippen molar-refractivity contribution in [3.63, 3.8) is 0 Å². The highest BCUT2D eigenvalue weighted by molar-refractivity contribution is 9.10. The van der Waals surface area contributed by atoms with Gasteiger partial charge in [0.1, 0.15) is 16.0 Å². The third-order valence-corrected chi connectivity index (χ3v) is 2.00. The molecule has 0 aliphatic carbocycles. The van der Waals surface area contributed by atoms with Gasteiger partial charge in [-0.15, -0.1) is 0 Å². The Balaban J connectivity index is 3.32. The molecule has 4 heteroatoms. The van der Waals surface area contributed by atoms with E-state index in [1.807, 2.05) is 6.92 Å². The average molecular weight is 219 g/mol. The summed E-state index contributed by atoms with van der Waals surface area (Å²) in [6.45, 7) is 1.84. The molecule has 0 aromatic carbocycles. The summed E-state index contributed by atoms with van der Waals surface area (Å²) in [6, 6.07) is 1.42. The maximum Gasteiger partial charge on any atom is 0.354 e. The van der Waals surface area contributed by atoms with Crippen molar-refractivity contribution in [1.82, 2.24) is 0 Å². The zero-order valence-corrected chi connectivity index (χ0v) is 7.51. The first-order chi connectivity index (χ1) is 5.15. The number of aryl methyl sites for hydroxylation is 1. The highest BCUT2D eigenvalue weighted by Gasteiger charge is 2.05. The van der Waals surface area contributed by atoms with Gasteiger partial charge in [0.25, 0.3) is 0 Å². The van der Waals surface area contributed by atoms with Crippen molar-refractivity contribution in [2.45, 2.75) is 13.3 Å². The molecule has 11 heavy (non-hydrogen) atoms. The van der Waals surface area contributed by atoms with Crippen LogP contribution in [0, 0.1) is 0 Å². The van der Waals surface area contributed by atoms with Crippen molar-refractivity contribution < 1.29 is 9.52 Å².